The molecule has 320 valence electrons. The molecule has 11 aromatic rings. The highest BCUT2D eigenvalue weighted by Gasteiger charge is 2.46. The molecule has 0 atom stereocenters. The lowest BCUT2D eigenvalue weighted by Crippen LogP contribution is -2.28. The van der Waals surface area contributed by atoms with Crippen LogP contribution in [-0.4, -0.2) is 0 Å². The molecule has 68 heavy (non-hydrogen) atoms. The van der Waals surface area contributed by atoms with E-state index >= 15 is 0 Å². The predicted molar refractivity (Wildman–Crippen MR) is 282 cm³/mol. The second kappa shape index (κ2) is 16.2. The van der Waals surface area contributed by atoms with Crippen molar-refractivity contribution in [2.45, 2.75) is 5.41 Å². The third kappa shape index (κ3) is 6.28. The number of hydrogen-bond donors (Lipinski definition) is 0. The summed E-state index contributed by atoms with van der Waals surface area (Å²) in [6, 6.07) is 96.5. The Hall–Kier alpha value is -8.92. The van der Waals surface area contributed by atoms with Crippen LogP contribution < -0.4 is 14.5 Å². The van der Waals surface area contributed by atoms with Gasteiger partial charge in [0.25, 0.3) is 0 Å². The average molecular weight is 869 g/mol. The van der Waals surface area contributed by atoms with E-state index in [2.05, 4.69) is 277 Å². The Kier molecular flexibility index (Phi) is 9.40. The van der Waals surface area contributed by atoms with E-state index in [1.54, 1.807) is 0 Å². The Balaban J connectivity index is 1.04. The maximum Gasteiger partial charge on any atom is 0.159 e. The summed E-state index contributed by atoms with van der Waals surface area (Å²) in [5, 5.41) is 2.22. The molecule has 0 amide bonds. The molecule has 1 aliphatic carbocycles. The van der Waals surface area contributed by atoms with Crippen LogP contribution in [-0.2, 0) is 5.41 Å². The summed E-state index contributed by atoms with van der Waals surface area (Å²) >= 11 is 0. The van der Waals surface area contributed by atoms with E-state index in [-0.39, 0.29) is 0 Å². The Morgan fingerprint density at radius 2 is 0.809 bits per heavy atom. The van der Waals surface area contributed by atoms with Crippen LogP contribution in [0.5, 0.6) is 11.5 Å². The van der Waals surface area contributed by atoms with Gasteiger partial charge in [0, 0.05) is 45.5 Å². The molecular formula is C65H44N2O. The molecule has 0 spiro atoms. The van der Waals surface area contributed by atoms with Crippen molar-refractivity contribution in [3.8, 4) is 44.9 Å². The van der Waals surface area contributed by atoms with Crippen LogP contribution in [0.3, 0.4) is 0 Å². The SMILES string of the molecule is c1ccc(-c2ccc(N(c3ccc4c(c3)C(c3ccccc3)(c3ccccc3)c3ccccc3-4)c3ccc4cccc5c4c3Oc3cc(N(c4ccccc4)c4ccccc4)ccc3-5)cc2)cc1. The zero-order valence-electron chi connectivity index (χ0n) is 37.2. The third-order valence-electron chi connectivity index (χ3n) is 13.9. The van der Waals surface area contributed by atoms with Crippen LogP contribution in [0.1, 0.15) is 22.3 Å². The van der Waals surface area contributed by atoms with E-state index in [1.807, 2.05) is 0 Å². The van der Waals surface area contributed by atoms with E-state index in [1.165, 1.54) is 38.9 Å². The summed E-state index contributed by atoms with van der Waals surface area (Å²) in [5.41, 5.74) is 17.6. The van der Waals surface area contributed by atoms with E-state index < -0.39 is 5.41 Å². The van der Waals surface area contributed by atoms with Crippen LogP contribution in [0.2, 0.25) is 0 Å². The van der Waals surface area contributed by atoms with Gasteiger partial charge in [-0.2, -0.15) is 0 Å². The monoisotopic (exact) mass is 868 g/mol. The predicted octanol–water partition coefficient (Wildman–Crippen LogP) is 17.6. The number of ether oxygens (including phenoxy) is 1. The largest absolute Gasteiger partial charge is 0.454 e. The molecular weight excluding hydrogens is 825 g/mol. The van der Waals surface area contributed by atoms with Gasteiger partial charge in [-0.3, -0.25) is 0 Å². The lowest BCUT2D eigenvalue weighted by atomic mass is 9.67. The number of benzene rings is 11. The highest BCUT2D eigenvalue weighted by molar-refractivity contribution is 6.08. The van der Waals surface area contributed by atoms with Crippen LogP contribution in [0.25, 0.3) is 44.2 Å². The van der Waals surface area contributed by atoms with Gasteiger partial charge in [0.15, 0.2) is 5.75 Å². The van der Waals surface area contributed by atoms with Gasteiger partial charge in [-0.15, -0.1) is 0 Å². The Morgan fingerprint density at radius 1 is 0.309 bits per heavy atom. The fraction of sp³-hybridized carbons (Fsp3) is 0.0154. The van der Waals surface area contributed by atoms with E-state index in [0.717, 1.165) is 73.1 Å². The molecule has 1 aliphatic heterocycles. The van der Waals surface area contributed by atoms with Crippen LogP contribution in [0, 0.1) is 0 Å². The van der Waals surface area contributed by atoms with Gasteiger partial charge in [-0.05, 0) is 122 Å². The zero-order chi connectivity index (χ0) is 45.0. The first kappa shape index (κ1) is 39.4. The molecule has 0 saturated carbocycles. The number of rotatable bonds is 9. The van der Waals surface area contributed by atoms with Crippen LogP contribution >= 0.6 is 0 Å². The summed E-state index contributed by atoms with van der Waals surface area (Å²) in [5.74, 6) is 1.63. The summed E-state index contributed by atoms with van der Waals surface area (Å²) in [6.07, 6.45) is 0. The molecule has 13 rings (SSSR count). The minimum atomic E-state index is -0.562. The minimum Gasteiger partial charge on any atom is -0.454 e. The number of hydrogen-bond acceptors (Lipinski definition) is 3. The third-order valence-corrected chi connectivity index (χ3v) is 13.9. The lowest BCUT2D eigenvalue weighted by molar-refractivity contribution is 0.488. The van der Waals surface area contributed by atoms with Crippen molar-refractivity contribution in [1.82, 2.24) is 0 Å². The summed E-state index contributed by atoms with van der Waals surface area (Å²) in [7, 11) is 0. The Labute approximate surface area is 397 Å². The molecule has 0 unspecified atom stereocenters. The van der Waals surface area contributed by atoms with Gasteiger partial charge in [0.05, 0.1) is 11.1 Å². The molecule has 3 nitrogen and oxygen atoms in total. The quantitative estimate of drug-likeness (QED) is 0.144. The van der Waals surface area contributed by atoms with E-state index in [0.29, 0.717) is 0 Å². The Bertz CT molecular complexity index is 3550. The lowest BCUT2D eigenvalue weighted by Gasteiger charge is -2.35. The van der Waals surface area contributed by atoms with Crippen molar-refractivity contribution in [2.75, 3.05) is 9.80 Å². The smallest absolute Gasteiger partial charge is 0.159 e. The van der Waals surface area contributed by atoms with E-state index in [4.69, 9.17) is 4.74 Å². The van der Waals surface area contributed by atoms with Gasteiger partial charge in [-0.25, -0.2) is 0 Å². The molecule has 0 saturated heterocycles. The Morgan fingerprint density at radius 3 is 1.47 bits per heavy atom. The molecule has 0 fully saturated rings. The van der Waals surface area contributed by atoms with Crippen molar-refractivity contribution in [3.63, 3.8) is 0 Å². The van der Waals surface area contributed by atoms with Gasteiger partial charge in [-0.1, -0.05) is 194 Å². The van der Waals surface area contributed by atoms with Crippen LogP contribution in [0.15, 0.2) is 267 Å². The first-order valence-electron chi connectivity index (χ1n) is 23.3. The van der Waals surface area contributed by atoms with Gasteiger partial charge in [0.1, 0.15) is 5.75 Å². The molecule has 0 radical (unpaired) electrons. The summed E-state index contributed by atoms with van der Waals surface area (Å²) in [4.78, 5) is 4.69. The number of anilines is 6. The molecule has 3 heteroatoms. The highest BCUT2D eigenvalue weighted by atomic mass is 16.5. The second-order valence-electron chi connectivity index (χ2n) is 17.6. The van der Waals surface area contributed by atoms with Crippen LogP contribution in [0.4, 0.5) is 34.1 Å². The van der Waals surface area contributed by atoms with Crippen molar-refractivity contribution in [1.29, 1.82) is 0 Å². The molecule has 2 aliphatic rings. The van der Waals surface area contributed by atoms with Crippen molar-refractivity contribution in [3.05, 3.63) is 289 Å². The number of fused-ring (bicyclic) bond motifs is 5. The minimum absolute atomic E-state index is 0.562. The topological polar surface area (TPSA) is 15.7 Å². The molecule has 0 aromatic heterocycles. The average Bonchev–Trinajstić information content (AvgIpc) is 3.71. The zero-order valence-corrected chi connectivity index (χ0v) is 37.2. The number of para-hydroxylation sites is 2. The first-order valence-corrected chi connectivity index (χ1v) is 23.3. The maximum absolute atomic E-state index is 7.41. The molecule has 0 bridgehead atoms. The molecule has 11 aromatic carbocycles. The summed E-state index contributed by atoms with van der Waals surface area (Å²) in [6.45, 7) is 0. The van der Waals surface area contributed by atoms with Gasteiger partial charge < -0.3 is 14.5 Å². The normalized spacial score (nSPS) is 12.6. The first-order chi connectivity index (χ1) is 33.7. The fourth-order valence-electron chi connectivity index (χ4n) is 10.9. The van der Waals surface area contributed by atoms with Gasteiger partial charge >= 0.3 is 0 Å². The summed E-state index contributed by atoms with van der Waals surface area (Å²) < 4.78 is 7.41. The molecule has 0 N–H and O–H groups in total. The molecule has 1 heterocycles. The maximum atomic E-state index is 7.41. The fourth-order valence-corrected chi connectivity index (χ4v) is 10.9. The number of nitrogens with zero attached hydrogens (tertiary/aromatic N) is 2. The van der Waals surface area contributed by atoms with E-state index in [9.17, 15) is 0 Å². The van der Waals surface area contributed by atoms with Crippen molar-refractivity contribution >= 4 is 44.9 Å². The second-order valence-corrected chi connectivity index (χ2v) is 17.6. The standard InChI is InChI=1S/C65H44N2O/c1-6-19-45(20-7-1)46-33-36-52(37-34-46)67(53-38-40-56-55-30-16-17-32-59(55)65(60(56)43-53,48-22-8-2-9-23-48)49-24-10-3-11-25-49)61-42-35-47-21-18-31-58-57-41-39-54(44-62(57)68-64(61)63(47)58)66(50-26-12-4-13-27-50)51-28-14-5-15-29-51/h1-44H. The van der Waals surface area contributed by atoms with Gasteiger partial charge in [0.2, 0.25) is 0 Å². The van der Waals surface area contributed by atoms with Crippen molar-refractivity contribution in [2.24, 2.45) is 0 Å². The highest BCUT2D eigenvalue weighted by Crippen LogP contribution is 2.59. The van der Waals surface area contributed by atoms with Crippen molar-refractivity contribution < 1.29 is 4.74 Å².